The molecule has 0 spiro atoms. The molecule has 1 aromatic heterocycles. The van der Waals surface area contributed by atoms with Crippen molar-refractivity contribution >= 4 is 28.7 Å². The number of carbonyl (C=O) groups excluding carboxylic acids is 1. The molecule has 1 N–H and O–H groups in total. The number of aromatic carboxylic acids is 1. The maximum atomic E-state index is 15.7. The maximum Gasteiger partial charge on any atom is 0.509 e. The highest BCUT2D eigenvalue weighted by Gasteiger charge is 2.44. The number of hydrogen-bond acceptors (Lipinski definition) is 8. The van der Waals surface area contributed by atoms with Gasteiger partial charge >= 0.3 is 12.1 Å². The largest absolute Gasteiger partial charge is 0.509 e. The summed E-state index contributed by atoms with van der Waals surface area (Å²) in [5.41, 5.74) is -0.695. The maximum absolute atomic E-state index is 15.7. The Labute approximate surface area is 211 Å². The molecule has 3 saturated heterocycles. The van der Waals surface area contributed by atoms with Gasteiger partial charge in [0.1, 0.15) is 29.1 Å². The van der Waals surface area contributed by atoms with Gasteiger partial charge in [0.15, 0.2) is 6.10 Å². The summed E-state index contributed by atoms with van der Waals surface area (Å²) in [6.07, 6.45) is 3.42. The van der Waals surface area contributed by atoms with Gasteiger partial charge in [-0.1, -0.05) is 0 Å². The lowest BCUT2D eigenvalue weighted by atomic mass is 9.91. The number of hydrogen-bond donors (Lipinski definition) is 1. The number of likely N-dealkylation sites (tertiary alicyclic amines) is 1. The quantitative estimate of drug-likeness (QED) is 0.605. The van der Waals surface area contributed by atoms with Crippen molar-refractivity contribution in [3.05, 3.63) is 39.4 Å². The van der Waals surface area contributed by atoms with E-state index >= 15 is 4.39 Å². The predicted molar refractivity (Wildman–Crippen MR) is 129 cm³/mol. The van der Waals surface area contributed by atoms with E-state index in [9.17, 15) is 24.8 Å². The summed E-state index contributed by atoms with van der Waals surface area (Å²) < 4.78 is 27.8. The molecule has 10 nitrogen and oxygen atoms in total. The Morgan fingerprint density at radius 1 is 1.24 bits per heavy atom. The Hall–Kier alpha value is -3.65. The highest BCUT2D eigenvalue weighted by Crippen LogP contribution is 2.42. The average molecular weight is 511 g/mol. The van der Waals surface area contributed by atoms with Gasteiger partial charge in [0.2, 0.25) is 5.43 Å². The second kappa shape index (κ2) is 8.73. The van der Waals surface area contributed by atoms with Crippen molar-refractivity contribution in [2.45, 2.75) is 56.9 Å². The number of carboxylic acids is 1. The van der Waals surface area contributed by atoms with Gasteiger partial charge in [0.25, 0.3) is 0 Å². The summed E-state index contributed by atoms with van der Waals surface area (Å²) in [4.78, 5) is 40.3. The summed E-state index contributed by atoms with van der Waals surface area (Å²) in [5.74, 6) is -1.84. The number of carbonyl (C=O) groups is 2. The molecule has 1 saturated carbocycles. The Kier molecular flexibility index (Phi) is 5.60. The number of carboxylic acid groups (broad SMARTS) is 1. The first-order valence-corrected chi connectivity index (χ1v) is 12.7. The van der Waals surface area contributed by atoms with E-state index in [2.05, 4.69) is 11.0 Å². The highest BCUT2D eigenvalue weighted by atomic mass is 19.1. The molecule has 2 unspecified atom stereocenters. The first-order chi connectivity index (χ1) is 17.8. The second-order valence-corrected chi connectivity index (χ2v) is 10.5. The molecule has 4 atom stereocenters. The number of rotatable bonds is 5. The molecule has 11 heteroatoms. The van der Waals surface area contributed by atoms with Crippen LogP contribution in [0.5, 0.6) is 0 Å². The molecule has 1 aliphatic carbocycles. The molecule has 4 aliphatic rings. The number of aromatic nitrogens is 1. The molecule has 194 valence electrons. The van der Waals surface area contributed by atoms with E-state index in [4.69, 9.17) is 9.47 Å². The number of anilines is 1. The Balaban J connectivity index is 1.39. The minimum absolute atomic E-state index is 0.0263. The molecule has 37 heavy (non-hydrogen) atoms. The Morgan fingerprint density at radius 2 is 2.03 bits per heavy atom. The van der Waals surface area contributed by atoms with E-state index in [0.29, 0.717) is 25.2 Å². The molecule has 3 aliphatic heterocycles. The molecule has 1 aromatic carbocycles. The highest BCUT2D eigenvalue weighted by molar-refractivity contribution is 5.96. The van der Waals surface area contributed by atoms with Crippen molar-refractivity contribution in [3.63, 3.8) is 0 Å². The third-order valence-electron chi connectivity index (χ3n) is 8.20. The van der Waals surface area contributed by atoms with Crippen LogP contribution in [0.2, 0.25) is 0 Å². The van der Waals surface area contributed by atoms with Crippen molar-refractivity contribution in [2.75, 3.05) is 31.1 Å². The van der Waals surface area contributed by atoms with E-state index < -0.39 is 28.9 Å². The minimum atomic E-state index is -1.37. The van der Waals surface area contributed by atoms with Crippen molar-refractivity contribution < 1.29 is 28.6 Å². The molecule has 2 aromatic rings. The van der Waals surface area contributed by atoms with E-state index in [-0.39, 0.29) is 46.8 Å². The van der Waals surface area contributed by atoms with E-state index in [1.54, 1.807) is 11.5 Å². The van der Waals surface area contributed by atoms with Crippen molar-refractivity contribution in [1.82, 2.24) is 9.47 Å². The molecule has 4 fully saturated rings. The fourth-order valence-corrected chi connectivity index (χ4v) is 6.26. The van der Waals surface area contributed by atoms with E-state index in [0.717, 1.165) is 38.3 Å². The lowest BCUT2D eigenvalue weighted by Crippen LogP contribution is -2.49. The van der Waals surface area contributed by atoms with Crippen LogP contribution < -0.4 is 10.3 Å². The van der Waals surface area contributed by atoms with Gasteiger partial charge in [0, 0.05) is 37.9 Å². The molecule has 0 amide bonds. The van der Waals surface area contributed by atoms with Gasteiger partial charge in [-0.05, 0) is 51.1 Å². The van der Waals surface area contributed by atoms with Crippen LogP contribution in [0.4, 0.5) is 14.9 Å². The smallest absolute Gasteiger partial charge is 0.477 e. The van der Waals surface area contributed by atoms with Gasteiger partial charge in [-0.2, -0.15) is 5.26 Å². The van der Waals surface area contributed by atoms with Crippen LogP contribution in [-0.2, 0) is 9.47 Å². The third-order valence-corrected chi connectivity index (χ3v) is 8.20. The number of pyridine rings is 1. The number of cyclic esters (lactones) is 2. The van der Waals surface area contributed by atoms with Crippen LogP contribution >= 0.6 is 0 Å². The number of fused-ring (bicyclic) bond motifs is 2. The molecule has 4 heterocycles. The monoisotopic (exact) mass is 510 g/mol. The van der Waals surface area contributed by atoms with E-state index in [1.165, 1.54) is 6.20 Å². The van der Waals surface area contributed by atoms with Gasteiger partial charge in [-0.15, -0.1) is 0 Å². The lowest BCUT2D eigenvalue weighted by molar-refractivity contribution is 0.0543. The van der Waals surface area contributed by atoms with Crippen LogP contribution in [0.3, 0.4) is 0 Å². The van der Waals surface area contributed by atoms with Gasteiger partial charge in [0.05, 0.1) is 16.6 Å². The average Bonchev–Trinajstić information content (AvgIpc) is 3.52. The topological polar surface area (TPSA) is 125 Å². The van der Waals surface area contributed by atoms with Crippen molar-refractivity contribution in [1.29, 1.82) is 5.26 Å². The summed E-state index contributed by atoms with van der Waals surface area (Å²) >= 11 is 0. The van der Waals surface area contributed by atoms with Gasteiger partial charge < -0.3 is 24.0 Å². The normalized spacial score (nSPS) is 27.6. The SMILES string of the molecule is CC1OC(=O)OC1CN1CCC[C@H]2CN(c3c(F)cc4c(=O)c(C(=O)O)cn(C5CC5)c4c3C#N)C[C@H]21. The Bertz CT molecular complexity index is 1410. The van der Waals surface area contributed by atoms with Gasteiger partial charge in [-0.25, -0.2) is 14.0 Å². The summed E-state index contributed by atoms with van der Waals surface area (Å²) in [7, 11) is 0. The summed E-state index contributed by atoms with van der Waals surface area (Å²) in [6, 6.07) is 3.29. The number of piperidine rings is 1. The molecular formula is C26H27FN4O6. The zero-order chi connectivity index (χ0) is 26.0. The lowest BCUT2D eigenvalue weighted by Gasteiger charge is -2.37. The number of nitriles is 1. The predicted octanol–water partition coefficient (Wildman–Crippen LogP) is 2.87. The van der Waals surface area contributed by atoms with Crippen molar-refractivity contribution in [2.24, 2.45) is 5.92 Å². The second-order valence-electron chi connectivity index (χ2n) is 10.5. The first kappa shape index (κ1) is 23.7. The van der Waals surface area contributed by atoms with E-state index in [1.807, 2.05) is 4.90 Å². The minimum Gasteiger partial charge on any atom is -0.477 e. The molecule has 6 rings (SSSR count). The zero-order valence-corrected chi connectivity index (χ0v) is 20.4. The summed E-state index contributed by atoms with van der Waals surface area (Å²) in [6.45, 7) is 4.18. The van der Waals surface area contributed by atoms with Crippen LogP contribution in [0.15, 0.2) is 17.1 Å². The fourth-order valence-electron chi connectivity index (χ4n) is 6.26. The fraction of sp³-hybridized carbons (Fsp3) is 0.538. The zero-order valence-electron chi connectivity index (χ0n) is 20.4. The summed E-state index contributed by atoms with van der Waals surface area (Å²) in [5, 5.41) is 19.7. The number of nitrogens with zero attached hydrogens (tertiary/aromatic N) is 4. The molecular weight excluding hydrogens is 483 g/mol. The Morgan fingerprint density at radius 3 is 2.68 bits per heavy atom. The molecule has 0 radical (unpaired) electrons. The first-order valence-electron chi connectivity index (χ1n) is 12.7. The van der Waals surface area contributed by atoms with Crippen LogP contribution in [-0.4, -0.2) is 71.1 Å². The number of benzene rings is 1. The third kappa shape index (κ3) is 3.91. The number of halogens is 1. The van der Waals surface area contributed by atoms with Gasteiger partial charge in [-0.3, -0.25) is 9.69 Å². The van der Waals surface area contributed by atoms with Crippen LogP contribution in [0.25, 0.3) is 10.9 Å². The van der Waals surface area contributed by atoms with Crippen LogP contribution in [0, 0.1) is 23.1 Å². The number of ether oxygens (including phenoxy) is 2. The molecule has 0 bridgehead atoms. The standard InChI is InChI=1S/C26H27FN4O6/c1-13-21(37-26(35)36-13)12-29-6-2-3-14-9-30(11-20(14)29)23-17(8-28)22-16(7-19(23)27)24(32)18(25(33)34)10-31(22)15-4-5-15/h7,10,13-15,20-21H,2-6,9,11-12H2,1H3,(H,33,34)/t13?,14-,20+,21?/m0/s1. The van der Waals surface area contributed by atoms with Crippen molar-refractivity contribution in [3.8, 4) is 6.07 Å². The van der Waals surface area contributed by atoms with Crippen LogP contribution in [0.1, 0.15) is 54.6 Å².